The molecule has 0 spiro atoms. The van der Waals surface area contributed by atoms with Crippen LogP contribution in [-0.2, 0) is 20.7 Å². The van der Waals surface area contributed by atoms with Gasteiger partial charge in [-0.1, -0.05) is 12.1 Å². The fourth-order valence-electron chi connectivity index (χ4n) is 4.30. The fourth-order valence-corrected chi connectivity index (χ4v) is 4.30. The number of nitrogens with zero attached hydrogens (tertiary/aromatic N) is 2. The summed E-state index contributed by atoms with van der Waals surface area (Å²) in [6.45, 7) is 4.85. The molecule has 0 aliphatic carbocycles. The average molecular weight is 389 g/mol. The zero-order valence-electron chi connectivity index (χ0n) is 17.1. The summed E-state index contributed by atoms with van der Waals surface area (Å²) in [4.78, 5) is 29.1. The lowest BCUT2D eigenvalue weighted by Gasteiger charge is -2.33. The second-order valence-corrected chi connectivity index (χ2v) is 7.75. The average Bonchev–Trinajstić information content (AvgIpc) is 3.15. The first-order valence-corrected chi connectivity index (χ1v) is 10.4. The minimum atomic E-state index is -0.175. The van der Waals surface area contributed by atoms with Crippen molar-refractivity contribution in [2.24, 2.45) is 5.92 Å². The van der Waals surface area contributed by atoms with Crippen LogP contribution < -0.4 is 4.74 Å². The molecule has 2 fully saturated rings. The Morgan fingerprint density at radius 1 is 1.11 bits per heavy atom. The third-order valence-corrected chi connectivity index (χ3v) is 5.86. The lowest BCUT2D eigenvalue weighted by Crippen LogP contribution is -2.47. The van der Waals surface area contributed by atoms with E-state index < -0.39 is 0 Å². The van der Waals surface area contributed by atoms with E-state index >= 15 is 0 Å². The standard InChI is InChI=1S/C22H32N2O4/c1-3-28-22(26)18-6-4-13-24(15-18)21(25)16-23-12-5-7-19(23)14-17-8-10-20(27-2)11-9-17/h8-11,18-19H,3-7,12-16H2,1-2H3/t18-,19-/m1/s1. The minimum Gasteiger partial charge on any atom is -0.497 e. The molecule has 0 aromatic heterocycles. The van der Waals surface area contributed by atoms with Crippen molar-refractivity contribution >= 4 is 11.9 Å². The maximum Gasteiger partial charge on any atom is 0.310 e. The monoisotopic (exact) mass is 388 g/mol. The molecule has 2 atom stereocenters. The minimum absolute atomic E-state index is 0.135. The number of carbonyl (C=O) groups is 2. The van der Waals surface area contributed by atoms with Crippen LogP contribution in [0.25, 0.3) is 0 Å². The summed E-state index contributed by atoms with van der Waals surface area (Å²) in [5, 5.41) is 0. The van der Waals surface area contributed by atoms with E-state index in [1.54, 1.807) is 7.11 Å². The summed E-state index contributed by atoms with van der Waals surface area (Å²) in [7, 11) is 1.67. The number of likely N-dealkylation sites (tertiary alicyclic amines) is 2. The van der Waals surface area contributed by atoms with Gasteiger partial charge >= 0.3 is 5.97 Å². The molecule has 28 heavy (non-hydrogen) atoms. The van der Waals surface area contributed by atoms with Crippen molar-refractivity contribution in [2.45, 2.75) is 45.1 Å². The van der Waals surface area contributed by atoms with Crippen LogP contribution in [0.1, 0.15) is 38.2 Å². The molecule has 6 nitrogen and oxygen atoms in total. The van der Waals surface area contributed by atoms with Crippen LogP contribution in [0.2, 0.25) is 0 Å². The maximum absolute atomic E-state index is 12.9. The zero-order valence-corrected chi connectivity index (χ0v) is 17.1. The predicted molar refractivity (Wildman–Crippen MR) is 107 cm³/mol. The molecule has 0 unspecified atom stereocenters. The van der Waals surface area contributed by atoms with Crippen LogP contribution in [0.15, 0.2) is 24.3 Å². The first-order valence-electron chi connectivity index (χ1n) is 10.4. The molecule has 0 N–H and O–H groups in total. The molecule has 0 saturated carbocycles. The van der Waals surface area contributed by atoms with Crippen molar-refractivity contribution in [1.82, 2.24) is 9.80 Å². The van der Waals surface area contributed by atoms with Crippen LogP contribution in [0.4, 0.5) is 0 Å². The van der Waals surface area contributed by atoms with Crippen LogP contribution in [0.5, 0.6) is 5.75 Å². The van der Waals surface area contributed by atoms with Gasteiger partial charge in [0.1, 0.15) is 5.75 Å². The summed E-state index contributed by atoms with van der Waals surface area (Å²) in [5.74, 6) is 0.656. The third-order valence-electron chi connectivity index (χ3n) is 5.86. The lowest BCUT2D eigenvalue weighted by molar-refractivity contribution is -0.151. The van der Waals surface area contributed by atoms with Crippen molar-refractivity contribution in [3.05, 3.63) is 29.8 Å². The van der Waals surface area contributed by atoms with Gasteiger partial charge in [0.25, 0.3) is 0 Å². The first kappa shape index (κ1) is 20.6. The van der Waals surface area contributed by atoms with Gasteiger partial charge in [-0.2, -0.15) is 0 Å². The van der Waals surface area contributed by atoms with Crippen molar-refractivity contribution in [3.8, 4) is 5.75 Å². The third kappa shape index (κ3) is 5.25. The molecule has 0 radical (unpaired) electrons. The molecule has 6 heteroatoms. The highest BCUT2D eigenvalue weighted by Crippen LogP contribution is 2.24. The number of piperidine rings is 1. The molecule has 2 aliphatic heterocycles. The number of benzene rings is 1. The molecule has 2 aliphatic rings. The second-order valence-electron chi connectivity index (χ2n) is 7.75. The van der Waals surface area contributed by atoms with E-state index in [9.17, 15) is 9.59 Å². The fraction of sp³-hybridized carbons (Fsp3) is 0.636. The molecule has 0 bridgehead atoms. The van der Waals surface area contributed by atoms with Crippen molar-refractivity contribution in [2.75, 3.05) is 39.9 Å². The van der Waals surface area contributed by atoms with Gasteiger partial charge in [-0.25, -0.2) is 0 Å². The highest BCUT2D eigenvalue weighted by Gasteiger charge is 2.32. The molecule has 154 valence electrons. The van der Waals surface area contributed by atoms with E-state index in [1.165, 1.54) is 5.56 Å². The van der Waals surface area contributed by atoms with Gasteiger partial charge in [0.15, 0.2) is 0 Å². The maximum atomic E-state index is 12.9. The van der Waals surface area contributed by atoms with Gasteiger partial charge in [-0.15, -0.1) is 0 Å². The van der Waals surface area contributed by atoms with Gasteiger partial charge in [-0.3, -0.25) is 14.5 Å². The van der Waals surface area contributed by atoms with Crippen LogP contribution in [-0.4, -0.2) is 67.6 Å². The number of esters is 1. The molecule has 1 aromatic carbocycles. The summed E-state index contributed by atoms with van der Waals surface area (Å²) in [5.41, 5.74) is 1.27. The largest absolute Gasteiger partial charge is 0.497 e. The predicted octanol–water partition coefficient (Wildman–Crippen LogP) is 2.50. The number of rotatable bonds is 7. The van der Waals surface area contributed by atoms with E-state index in [2.05, 4.69) is 17.0 Å². The molecular weight excluding hydrogens is 356 g/mol. The molecule has 2 heterocycles. The van der Waals surface area contributed by atoms with E-state index in [-0.39, 0.29) is 17.8 Å². The Balaban J connectivity index is 1.54. The number of amides is 1. The first-order chi connectivity index (χ1) is 13.6. The molecule has 1 aromatic rings. The molecule has 1 amide bonds. The lowest BCUT2D eigenvalue weighted by atomic mass is 9.98. The number of hydrogen-bond acceptors (Lipinski definition) is 5. The van der Waals surface area contributed by atoms with Crippen LogP contribution >= 0.6 is 0 Å². The summed E-state index contributed by atoms with van der Waals surface area (Å²) in [6, 6.07) is 8.58. The number of ether oxygens (including phenoxy) is 2. The molecular formula is C22H32N2O4. The van der Waals surface area contributed by atoms with E-state index in [4.69, 9.17) is 9.47 Å². The topological polar surface area (TPSA) is 59.1 Å². The molecule has 3 rings (SSSR count). The van der Waals surface area contributed by atoms with Gasteiger partial charge in [-0.05, 0) is 63.3 Å². The Hall–Kier alpha value is -2.08. The smallest absolute Gasteiger partial charge is 0.310 e. The second kappa shape index (κ2) is 9.92. The number of carbonyl (C=O) groups excluding carboxylic acids is 2. The summed E-state index contributed by atoms with van der Waals surface area (Å²) >= 11 is 0. The van der Waals surface area contributed by atoms with E-state index in [0.717, 1.165) is 50.9 Å². The Bertz CT molecular complexity index is 661. The Morgan fingerprint density at radius 3 is 2.57 bits per heavy atom. The zero-order chi connectivity index (χ0) is 19.9. The van der Waals surface area contributed by atoms with Gasteiger partial charge in [0.2, 0.25) is 5.91 Å². The Morgan fingerprint density at radius 2 is 1.86 bits per heavy atom. The van der Waals surface area contributed by atoms with Gasteiger partial charge in [0, 0.05) is 19.1 Å². The highest BCUT2D eigenvalue weighted by molar-refractivity contribution is 5.80. The quantitative estimate of drug-likeness (QED) is 0.672. The highest BCUT2D eigenvalue weighted by atomic mass is 16.5. The molecule has 2 saturated heterocycles. The van der Waals surface area contributed by atoms with Gasteiger partial charge in [0.05, 0.1) is 26.2 Å². The van der Waals surface area contributed by atoms with Crippen LogP contribution in [0.3, 0.4) is 0 Å². The van der Waals surface area contributed by atoms with Crippen molar-refractivity contribution < 1.29 is 19.1 Å². The van der Waals surface area contributed by atoms with Crippen LogP contribution in [0, 0.1) is 5.92 Å². The summed E-state index contributed by atoms with van der Waals surface area (Å²) in [6.07, 6.45) is 4.87. The Kier molecular flexibility index (Phi) is 7.31. The van der Waals surface area contributed by atoms with E-state index in [1.807, 2.05) is 24.0 Å². The SMILES string of the molecule is CCOC(=O)[C@@H]1CCCN(C(=O)CN2CCC[C@@H]2Cc2ccc(OC)cc2)C1. The van der Waals surface area contributed by atoms with Crippen molar-refractivity contribution in [1.29, 1.82) is 0 Å². The Labute approximate surface area is 167 Å². The van der Waals surface area contributed by atoms with Crippen molar-refractivity contribution in [3.63, 3.8) is 0 Å². The number of methoxy groups -OCH3 is 1. The van der Waals surface area contributed by atoms with E-state index in [0.29, 0.717) is 25.7 Å². The number of hydrogen-bond donors (Lipinski definition) is 0. The summed E-state index contributed by atoms with van der Waals surface area (Å²) < 4.78 is 10.4. The van der Waals surface area contributed by atoms with Gasteiger partial charge < -0.3 is 14.4 Å². The normalized spacial score (nSPS) is 22.9.